The van der Waals surface area contributed by atoms with Gasteiger partial charge in [0.25, 0.3) is 0 Å². The van der Waals surface area contributed by atoms with Crippen molar-refractivity contribution in [2.45, 2.75) is 20.4 Å². The van der Waals surface area contributed by atoms with E-state index in [1.807, 2.05) is 32.0 Å². The number of hydrogen-bond donors (Lipinski definition) is 1. The van der Waals surface area contributed by atoms with E-state index in [4.69, 9.17) is 0 Å². The number of fused-ring (bicyclic) bond motifs is 1. The Morgan fingerprint density at radius 3 is 2.34 bits per heavy atom. The van der Waals surface area contributed by atoms with E-state index in [2.05, 4.69) is 26.2 Å². The smallest absolute Gasteiger partial charge is 0.244 e. The number of halogens is 1. The highest BCUT2D eigenvalue weighted by atomic mass is 79.9. The second-order valence-corrected chi connectivity index (χ2v) is 8.49. The van der Waals surface area contributed by atoms with E-state index in [-0.39, 0.29) is 23.4 Å². The van der Waals surface area contributed by atoms with E-state index in [0.29, 0.717) is 22.2 Å². The number of aryl methyl sites for hydroxylation is 2. The standard InChI is InChI=1S/C25H20BrN3O3/c1-15-11-20-22(12-16(15)2)29(14-23(30)28-19-5-3-18(26)4-6-19)13-21(25(20)32)24(31)17-7-9-27-10-8-17/h3-13H,14H2,1-2H3,(H,28,30). The summed E-state index contributed by atoms with van der Waals surface area (Å²) in [5.74, 6) is -0.669. The molecule has 0 aliphatic carbocycles. The molecule has 0 radical (unpaired) electrons. The summed E-state index contributed by atoms with van der Waals surface area (Å²) in [7, 11) is 0. The maximum Gasteiger partial charge on any atom is 0.244 e. The van der Waals surface area contributed by atoms with Crippen LogP contribution in [-0.2, 0) is 11.3 Å². The Morgan fingerprint density at radius 2 is 1.66 bits per heavy atom. The molecule has 0 spiro atoms. The van der Waals surface area contributed by atoms with E-state index >= 15 is 0 Å². The van der Waals surface area contributed by atoms with Crippen LogP contribution in [0.3, 0.4) is 0 Å². The summed E-state index contributed by atoms with van der Waals surface area (Å²) in [6.07, 6.45) is 4.49. The summed E-state index contributed by atoms with van der Waals surface area (Å²) in [6, 6.07) is 14.0. The molecule has 1 N–H and O–H groups in total. The van der Waals surface area contributed by atoms with Gasteiger partial charge >= 0.3 is 0 Å². The van der Waals surface area contributed by atoms with Gasteiger partial charge < -0.3 is 9.88 Å². The molecule has 0 saturated heterocycles. The molecular formula is C25H20BrN3O3. The van der Waals surface area contributed by atoms with Crippen molar-refractivity contribution in [3.05, 3.63) is 104 Å². The number of nitrogens with one attached hydrogen (secondary N) is 1. The van der Waals surface area contributed by atoms with Crippen LogP contribution in [0.4, 0.5) is 5.69 Å². The molecule has 4 rings (SSSR count). The number of rotatable bonds is 5. The molecule has 6 nitrogen and oxygen atoms in total. The second-order valence-electron chi connectivity index (χ2n) is 7.57. The van der Waals surface area contributed by atoms with E-state index in [1.54, 1.807) is 34.9 Å². The average Bonchev–Trinajstić information content (AvgIpc) is 2.78. The van der Waals surface area contributed by atoms with Crippen LogP contribution in [0.15, 0.2) is 76.4 Å². The van der Waals surface area contributed by atoms with Crippen molar-refractivity contribution in [2.75, 3.05) is 5.32 Å². The SMILES string of the molecule is Cc1cc2c(=O)c(C(=O)c3ccncc3)cn(CC(=O)Nc3ccc(Br)cc3)c2cc1C. The fourth-order valence-corrected chi connectivity index (χ4v) is 3.75. The van der Waals surface area contributed by atoms with E-state index in [0.717, 1.165) is 15.6 Å². The average molecular weight is 490 g/mol. The van der Waals surface area contributed by atoms with Crippen LogP contribution in [-0.4, -0.2) is 21.2 Å². The Balaban J connectivity index is 1.79. The summed E-state index contributed by atoms with van der Waals surface area (Å²) in [6.45, 7) is 3.81. The molecule has 0 fully saturated rings. The van der Waals surface area contributed by atoms with Crippen LogP contribution < -0.4 is 10.7 Å². The monoisotopic (exact) mass is 489 g/mol. The Hall–Kier alpha value is -3.58. The third-order valence-corrected chi connectivity index (χ3v) is 5.85. The number of amides is 1. The molecule has 4 aromatic rings. The minimum atomic E-state index is -0.403. The predicted octanol–water partition coefficient (Wildman–Crippen LogP) is 4.65. The lowest BCUT2D eigenvalue weighted by Crippen LogP contribution is -2.24. The lowest BCUT2D eigenvalue weighted by Gasteiger charge is -2.15. The van der Waals surface area contributed by atoms with Crippen molar-refractivity contribution in [2.24, 2.45) is 0 Å². The van der Waals surface area contributed by atoms with Gasteiger partial charge in [0, 0.05) is 39.7 Å². The quantitative estimate of drug-likeness (QED) is 0.413. The van der Waals surface area contributed by atoms with Crippen LogP contribution in [0, 0.1) is 13.8 Å². The van der Waals surface area contributed by atoms with E-state index < -0.39 is 5.78 Å². The molecule has 0 aliphatic heterocycles. The fraction of sp³-hybridized carbons (Fsp3) is 0.120. The molecule has 1 amide bonds. The molecule has 2 aromatic heterocycles. The van der Waals surface area contributed by atoms with Gasteiger partial charge in [0.05, 0.1) is 11.1 Å². The van der Waals surface area contributed by atoms with Crippen LogP contribution in [0.25, 0.3) is 10.9 Å². The van der Waals surface area contributed by atoms with Gasteiger partial charge in [0.15, 0.2) is 5.78 Å². The summed E-state index contributed by atoms with van der Waals surface area (Å²) < 4.78 is 2.57. The summed E-state index contributed by atoms with van der Waals surface area (Å²) in [5.41, 5.74) is 3.23. The summed E-state index contributed by atoms with van der Waals surface area (Å²) in [4.78, 5) is 43.0. The Morgan fingerprint density at radius 1 is 1.00 bits per heavy atom. The molecular weight excluding hydrogens is 470 g/mol. The van der Waals surface area contributed by atoms with Gasteiger partial charge in [-0.3, -0.25) is 19.4 Å². The predicted molar refractivity (Wildman–Crippen MR) is 128 cm³/mol. The number of benzene rings is 2. The highest BCUT2D eigenvalue weighted by Crippen LogP contribution is 2.20. The van der Waals surface area contributed by atoms with E-state index in [9.17, 15) is 14.4 Å². The molecule has 0 atom stereocenters. The van der Waals surface area contributed by atoms with Gasteiger partial charge in [-0.2, -0.15) is 0 Å². The molecule has 0 aliphatic rings. The number of carbonyl (C=O) groups is 2. The number of anilines is 1. The molecule has 160 valence electrons. The Bertz CT molecular complexity index is 1390. The number of aromatic nitrogens is 2. The number of pyridine rings is 2. The maximum absolute atomic E-state index is 13.2. The zero-order valence-corrected chi connectivity index (χ0v) is 19.1. The first-order chi connectivity index (χ1) is 15.3. The highest BCUT2D eigenvalue weighted by Gasteiger charge is 2.19. The fourth-order valence-electron chi connectivity index (χ4n) is 3.49. The largest absolute Gasteiger partial charge is 0.337 e. The van der Waals surface area contributed by atoms with Crippen LogP contribution in [0.5, 0.6) is 0 Å². The number of nitrogens with zero attached hydrogens (tertiary/aromatic N) is 2. The molecule has 7 heteroatoms. The third kappa shape index (κ3) is 4.38. The molecule has 2 aromatic carbocycles. The molecule has 0 unspecified atom stereocenters. The molecule has 2 heterocycles. The van der Waals surface area contributed by atoms with Gasteiger partial charge in [0.1, 0.15) is 6.54 Å². The van der Waals surface area contributed by atoms with E-state index in [1.165, 1.54) is 18.6 Å². The van der Waals surface area contributed by atoms with Crippen molar-refractivity contribution < 1.29 is 9.59 Å². The Kier molecular flexibility index (Phi) is 6.01. The van der Waals surface area contributed by atoms with Crippen molar-refractivity contribution in [1.82, 2.24) is 9.55 Å². The second kappa shape index (κ2) is 8.88. The Labute approximate surface area is 193 Å². The van der Waals surface area contributed by atoms with Gasteiger partial charge in [-0.1, -0.05) is 15.9 Å². The van der Waals surface area contributed by atoms with Crippen LogP contribution in [0.1, 0.15) is 27.0 Å². The van der Waals surface area contributed by atoms with Crippen molar-refractivity contribution in [3.63, 3.8) is 0 Å². The van der Waals surface area contributed by atoms with Gasteiger partial charge in [-0.05, 0) is 73.5 Å². The number of ketones is 1. The van der Waals surface area contributed by atoms with Crippen molar-refractivity contribution in [1.29, 1.82) is 0 Å². The number of hydrogen-bond acceptors (Lipinski definition) is 4. The van der Waals surface area contributed by atoms with Gasteiger partial charge in [-0.15, -0.1) is 0 Å². The van der Waals surface area contributed by atoms with Crippen molar-refractivity contribution in [3.8, 4) is 0 Å². The zero-order chi connectivity index (χ0) is 22.8. The molecule has 0 saturated carbocycles. The van der Waals surface area contributed by atoms with Crippen LogP contribution in [0.2, 0.25) is 0 Å². The van der Waals surface area contributed by atoms with Crippen molar-refractivity contribution >= 4 is 44.2 Å². The third-order valence-electron chi connectivity index (χ3n) is 5.32. The lowest BCUT2D eigenvalue weighted by atomic mass is 10.0. The minimum absolute atomic E-state index is 0.0170. The first-order valence-electron chi connectivity index (χ1n) is 9.98. The van der Waals surface area contributed by atoms with Crippen LogP contribution >= 0.6 is 15.9 Å². The lowest BCUT2D eigenvalue weighted by molar-refractivity contribution is -0.116. The first-order valence-corrected chi connectivity index (χ1v) is 10.8. The van der Waals surface area contributed by atoms with Gasteiger partial charge in [0.2, 0.25) is 11.3 Å². The summed E-state index contributed by atoms with van der Waals surface area (Å²) in [5, 5.41) is 3.26. The molecule has 32 heavy (non-hydrogen) atoms. The normalized spacial score (nSPS) is 10.8. The highest BCUT2D eigenvalue weighted by molar-refractivity contribution is 9.10. The van der Waals surface area contributed by atoms with Gasteiger partial charge in [-0.25, -0.2) is 0 Å². The first kappa shape index (κ1) is 21.6. The summed E-state index contributed by atoms with van der Waals surface area (Å²) >= 11 is 3.37. The molecule has 0 bridgehead atoms. The zero-order valence-electron chi connectivity index (χ0n) is 17.6. The minimum Gasteiger partial charge on any atom is -0.337 e. The maximum atomic E-state index is 13.2. The number of carbonyl (C=O) groups excluding carboxylic acids is 2. The topological polar surface area (TPSA) is 81.1 Å².